The Bertz CT molecular complexity index is 912. The summed E-state index contributed by atoms with van der Waals surface area (Å²) in [5.74, 6) is 0.0779. The van der Waals surface area contributed by atoms with E-state index in [0.29, 0.717) is 13.2 Å². The van der Waals surface area contributed by atoms with E-state index in [1.807, 2.05) is 77.8 Å². The van der Waals surface area contributed by atoms with Gasteiger partial charge in [-0.25, -0.2) is 0 Å². The van der Waals surface area contributed by atoms with E-state index in [-0.39, 0.29) is 12.0 Å². The van der Waals surface area contributed by atoms with E-state index in [4.69, 9.17) is 4.74 Å². The molecule has 1 saturated heterocycles. The van der Waals surface area contributed by atoms with Crippen LogP contribution in [0.15, 0.2) is 79.1 Å². The first-order valence-electron chi connectivity index (χ1n) is 9.75. The van der Waals surface area contributed by atoms with Crippen molar-refractivity contribution in [2.24, 2.45) is 0 Å². The number of piperidine rings is 1. The van der Waals surface area contributed by atoms with Crippen LogP contribution in [0, 0.1) is 0 Å². The summed E-state index contributed by atoms with van der Waals surface area (Å²) in [7, 11) is 0. The topological polar surface area (TPSA) is 42.4 Å². The van der Waals surface area contributed by atoms with Crippen LogP contribution in [0.2, 0.25) is 0 Å². The molecule has 0 saturated carbocycles. The molecule has 0 aliphatic carbocycles. The third-order valence-electron chi connectivity index (χ3n) is 5.12. The number of pyridine rings is 1. The van der Waals surface area contributed by atoms with Crippen LogP contribution in [0.3, 0.4) is 0 Å². The summed E-state index contributed by atoms with van der Waals surface area (Å²) in [5, 5.41) is 0. The highest BCUT2D eigenvalue weighted by atomic mass is 16.5. The van der Waals surface area contributed by atoms with Crippen molar-refractivity contribution in [2.45, 2.75) is 25.6 Å². The van der Waals surface area contributed by atoms with Gasteiger partial charge in [0.1, 0.15) is 0 Å². The van der Waals surface area contributed by atoms with Gasteiger partial charge in [-0.2, -0.15) is 0 Å². The summed E-state index contributed by atoms with van der Waals surface area (Å²) in [6.07, 6.45) is 5.57. The lowest BCUT2D eigenvalue weighted by molar-refractivity contribution is -0.00679. The van der Waals surface area contributed by atoms with Gasteiger partial charge >= 0.3 is 0 Å². The normalized spacial score (nSPS) is 16.7. The van der Waals surface area contributed by atoms with Crippen LogP contribution in [-0.2, 0) is 11.3 Å². The Kier molecular flexibility index (Phi) is 5.78. The Balaban J connectivity index is 1.46. The molecule has 0 spiro atoms. The first-order valence-corrected chi connectivity index (χ1v) is 9.75. The molecule has 4 rings (SSSR count). The molecule has 142 valence electrons. The standard InChI is InChI=1S/C24H24N2O2/c27-24(23-13-5-4-12-22(23)20-9-2-1-3-10-20)26-15-7-11-21(17-26)28-18-19-8-6-14-25-16-19/h1-6,8-10,12-14,16,21H,7,11,15,17-18H2/t21-/m1/s1. The fraction of sp³-hybridized carbons (Fsp3) is 0.250. The highest BCUT2D eigenvalue weighted by Gasteiger charge is 2.26. The first-order chi connectivity index (χ1) is 13.8. The minimum atomic E-state index is 0.0572. The Morgan fingerprint density at radius 1 is 1.04 bits per heavy atom. The molecule has 4 heteroatoms. The second-order valence-electron chi connectivity index (χ2n) is 7.10. The molecule has 0 N–H and O–H groups in total. The lowest BCUT2D eigenvalue weighted by Gasteiger charge is -2.33. The second kappa shape index (κ2) is 8.81. The summed E-state index contributed by atoms with van der Waals surface area (Å²) in [4.78, 5) is 19.3. The van der Waals surface area contributed by atoms with Crippen LogP contribution in [0.4, 0.5) is 0 Å². The number of aromatic nitrogens is 1. The summed E-state index contributed by atoms with van der Waals surface area (Å²) >= 11 is 0. The molecule has 0 radical (unpaired) electrons. The van der Waals surface area contributed by atoms with Crippen molar-refractivity contribution in [1.82, 2.24) is 9.88 Å². The smallest absolute Gasteiger partial charge is 0.254 e. The number of hydrogen-bond donors (Lipinski definition) is 0. The Morgan fingerprint density at radius 3 is 2.68 bits per heavy atom. The van der Waals surface area contributed by atoms with E-state index in [2.05, 4.69) is 4.98 Å². The molecule has 28 heavy (non-hydrogen) atoms. The number of ether oxygens (including phenoxy) is 1. The van der Waals surface area contributed by atoms with E-state index in [0.717, 1.165) is 41.6 Å². The van der Waals surface area contributed by atoms with E-state index in [1.165, 1.54) is 0 Å². The SMILES string of the molecule is O=C(c1ccccc1-c1ccccc1)N1CCC[C@@H](OCc2cccnc2)C1. The summed E-state index contributed by atoms with van der Waals surface area (Å²) < 4.78 is 6.07. The van der Waals surface area contributed by atoms with Gasteiger partial charge in [0.2, 0.25) is 0 Å². The number of benzene rings is 2. The maximum atomic E-state index is 13.3. The molecule has 3 aromatic rings. The molecule has 1 aliphatic heterocycles. The predicted octanol–water partition coefficient (Wildman–Crippen LogP) is 4.57. The number of hydrogen-bond acceptors (Lipinski definition) is 3. The number of carbonyl (C=O) groups excluding carboxylic acids is 1. The van der Waals surface area contributed by atoms with Gasteiger partial charge in [0.15, 0.2) is 0 Å². The van der Waals surface area contributed by atoms with Crippen LogP contribution < -0.4 is 0 Å². The quantitative estimate of drug-likeness (QED) is 0.659. The fourth-order valence-corrected chi connectivity index (χ4v) is 3.67. The van der Waals surface area contributed by atoms with Gasteiger partial charge < -0.3 is 9.64 Å². The van der Waals surface area contributed by atoms with E-state index in [9.17, 15) is 4.79 Å². The highest BCUT2D eigenvalue weighted by Crippen LogP contribution is 2.26. The molecule has 1 atom stereocenters. The predicted molar refractivity (Wildman–Crippen MR) is 110 cm³/mol. The van der Waals surface area contributed by atoms with Crippen LogP contribution in [-0.4, -0.2) is 35.0 Å². The van der Waals surface area contributed by atoms with Gasteiger partial charge in [0, 0.05) is 31.0 Å². The van der Waals surface area contributed by atoms with Crippen molar-refractivity contribution < 1.29 is 9.53 Å². The summed E-state index contributed by atoms with van der Waals surface area (Å²) in [6, 6.07) is 21.8. The lowest BCUT2D eigenvalue weighted by Crippen LogP contribution is -2.43. The number of likely N-dealkylation sites (tertiary alicyclic amines) is 1. The number of nitrogens with zero attached hydrogens (tertiary/aromatic N) is 2. The Labute approximate surface area is 165 Å². The maximum absolute atomic E-state index is 13.3. The average Bonchev–Trinajstić information content (AvgIpc) is 2.79. The zero-order valence-corrected chi connectivity index (χ0v) is 15.8. The van der Waals surface area contributed by atoms with Crippen molar-refractivity contribution in [3.63, 3.8) is 0 Å². The van der Waals surface area contributed by atoms with Gasteiger partial charge in [-0.3, -0.25) is 9.78 Å². The molecule has 0 bridgehead atoms. The highest BCUT2D eigenvalue weighted by molar-refractivity contribution is 6.00. The molecule has 2 aromatic carbocycles. The van der Waals surface area contributed by atoms with Crippen molar-refractivity contribution in [3.05, 3.63) is 90.3 Å². The monoisotopic (exact) mass is 372 g/mol. The minimum Gasteiger partial charge on any atom is -0.372 e. The molecular formula is C24H24N2O2. The molecule has 1 fully saturated rings. The van der Waals surface area contributed by atoms with Crippen LogP contribution >= 0.6 is 0 Å². The average molecular weight is 372 g/mol. The van der Waals surface area contributed by atoms with Crippen molar-refractivity contribution >= 4 is 5.91 Å². The number of carbonyl (C=O) groups is 1. The van der Waals surface area contributed by atoms with Crippen LogP contribution in [0.25, 0.3) is 11.1 Å². The van der Waals surface area contributed by atoms with Crippen molar-refractivity contribution in [1.29, 1.82) is 0 Å². The second-order valence-corrected chi connectivity index (χ2v) is 7.10. The zero-order valence-electron chi connectivity index (χ0n) is 15.8. The molecule has 2 heterocycles. The van der Waals surface area contributed by atoms with Crippen LogP contribution in [0.1, 0.15) is 28.8 Å². The number of amides is 1. The summed E-state index contributed by atoms with van der Waals surface area (Å²) in [5.41, 5.74) is 3.85. The molecule has 1 aliphatic rings. The Morgan fingerprint density at radius 2 is 1.86 bits per heavy atom. The fourth-order valence-electron chi connectivity index (χ4n) is 3.67. The zero-order chi connectivity index (χ0) is 19.2. The molecule has 1 aromatic heterocycles. The largest absolute Gasteiger partial charge is 0.372 e. The maximum Gasteiger partial charge on any atom is 0.254 e. The van der Waals surface area contributed by atoms with Gasteiger partial charge in [-0.1, -0.05) is 54.6 Å². The van der Waals surface area contributed by atoms with E-state index < -0.39 is 0 Å². The van der Waals surface area contributed by atoms with Gasteiger partial charge in [-0.05, 0) is 41.7 Å². The van der Waals surface area contributed by atoms with E-state index >= 15 is 0 Å². The third-order valence-corrected chi connectivity index (χ3v) is 5.12. The van der Waals surface area contributed by atoms with Crippen molar-refractivity contribution in [2.75, 3.05) is 13.1 Å². The minimum absolute atomic E-state index is 0.0572. The van der Waals surface area contributed by atoms with Gasteiger partial charge in [0.25, 0.3) is 5.91 Å². The van der Waals surface area contributed by atoms with Gasteiger partial charge in [0.05, 0.1) is 12.7 Å². The van der Waals surface area contributed by atoms with E-state index in [1.54, 1.807) is 6.20 Å². The molecule has 1 amide bonds. The first kappa shape index (κ1) is 18.4. The summed E-state index contributed by atoms with van der Waals surface area (Å²) in [6.45, 7) is 1.93. The molecule has 0 unspecified atom stereocenters. The van der Waals surface area contributed by atoms with Crippen LogP contribution in [0.5, 0.6) is 0 Å². The number of rotatable bonds is 5. The third kappa shape index (κ3) is 4.29. The Hall–Kier alpha value is -2.98. The lowest BCUT2D eigenvalue weighted by atomic mass is 9.98. The molecule has 4 nitrogen and oxygen atoms in total. The van der Waals surface area contributed by atoms with Crippen molar-refractivity contribution in [3.8, 4) is 11.1 Å². The molecular weight excluding hydrogens is 348 g/mol. The van der Waals surface area contributed by atoms with Gasteiger partial charge in [-0.15, -0.1) is 0 Å².